The van der Waals surface area contributed by atoms with Crippen molar-refractivity contribution in [2.24, 2.45) is 9.98 Å². The van der Waals surface area contributed by atoms with E-state index < -0.39 is 6.04 Å². The molecule has 1 atom stereocenters. The Morgan fingerprint density at radius 2 is 1.71 bits per heavy atom. The van der Waals surface area contributed by atoms with Gasteiger partial charge in [-0.15, -0.1) is 0 Å². The molecule has 1 unspecified atom stereocenters. The van der Waals surface area contributed by atoms with Gasteiger partial charge in [-0.05, 0) is 18.2 Å². The van der Waals surface area contributed by atoms with Crippen LogP contribution in [0.2, 0.25) is 0 Å². The standard InChI is InChI=1S/C16H13N3O2/c1-10(20)17-12-7-3-2-6-11(12)15-16(21)19-14-9-5-4-8-13(14)18-15/h2-9,15H,1H3,(H,17,20). The van der Waals surface area contributed by atoms with Crippen molar-refractivity contribution in [2.75, 3.05) is 5.32 Å². The largest absolute Gasteiger partial charge is 0.326 e. The molecule has 2 aromatic carbocycles. The van der Waals surface area contributed by atoms with Gasteiger partial charge in [-0.3, -0.25) is 14.6 Å². The molecule has 1 aliphatic heterocycles. The van der Waals surface area contributed by atoms with E-state index in [1.165, 1.54) is 6.92 Å². The summed E-state index contributed by atoms with van der Waals surface area (Å²) in [6, 6.07) is 13.7. The van der Waals surface area contributed by atoms with Crippen molar-refractivity contribution >= 4 is 17.5 Å². The third kappa shape index (κ3) is 2.58. The molecule has 1 N–H and O–H groups in total. The highest BCUT2D eigenvalue weighted by Gasteiger charge is 2.24. The fourth-order valence-electron chi connectivity index (χ4n) is 2.28. The van der Waals surface area contributed by atoms with Crippen LogP contribution in [-0.2, 0) is 9.59 Å². The van der Waals surface area contributed by atoms with E-state index in [1.54, 1.807) is 24.3 Å². The summed E-state index contributed by atoms with van der Waals surface area (Å²) < 4.78 is 0. The Morgan fingerprint density at radius 1 is 1.05 bits per heavy atom. The maximum absolute atomic E-state index is 12.2. The van der Waals surface area contributed by atoms with E-state index in [9.17, 15) is 9.59 Å². The quantitative estimate of drug-likeness (QED) is 0.896. The first kappa shape index (κ1) is 13.2. The number of nitrogens with one attached hydrogen (secondary N) is 1. The molecule has 0 aromatic heterocycles. The number of hydrogen-bond acceptors (Lipinski definition) is 3. The highest BCUT2D eigenvalue weighted by atomic mass is 16.2. The SMILES string of the molecule is CC(=O)Nc1ccccc1C1N=c2ccccc2=NC1=O. The Bertz CT molecular complexity index is 843. The predicted molar refractivity (Wildman–Crippen MR) is 77.2 cm³/mol. The van der Waals surface area contributed by atoms with E-state index in [4.69, 9.17) is 0 Å². The Balaban J connectivity index is 2.12. The molecule has 5 heteroatoms. The number of rotatable bonds is 2. The van der Waals surface area contributed by atoms with Gasteiger partial charge in [-0.1, -0.05) is 30.3 Å². The van der Waals surface area contributed by atoms with Crippen molar-refractivity contribution < 1.29 is 9.59 Å². The third-order valence-electron chi connectivity index (χ3n) is 3.18. The fourth-order valence-corrected chi connectivity index (χ4v) is 2.28. The van der Waals surface area contributed by atoms with Gasteiger partial charge in [0.1, 0.15) is 0 Å². The zero-order chi connectivity index (χ0) is 14.8. The van der Waals surface area contributed by atoms with Gasteiger partial charge >= 0.3 is 0 Å². The Kier molecular flexibility index (Phi) is 3.31. The summed E-state index contributed by atoms with van der Waals surface area (Å²) in [5.41, 5.74) is 1.23. The zero-order valence-corrected chi connectivity index (χ0v) is 11.4. The number of carbonyl (C=O) groups excluding carboxylic acids is 2. The summed E-state index contributed by atoms with van der Waals surface area (Å²) in [5.74, 6) is -0.519. The monoisotopic (exact) mass is 279 g/mol. The minimum absolute atomic E-state index is 0.192. The minimum atomic E-state index is -0.719. The molecule has 1 aliphatic rings. The van der Waals surface area contributed by atoms with Crippen molar-refractivity contribution in [2.45, 2.75) is 13.0 Å². The van der Waals surface area contributed by atoms with Gasteiger partial charge in [0.05, 0.1) is 10.7 Å². The predicted octanol–water partition coefficient (Wildman–Crippen LogP) is 1.17. The number of anilines is 1. The van der Waals surface area contributed by atoms with E-state index in [0.29, 0.717) is 22.0 Å². The molecular weight excluding hydrogens is 266 g/mol. The number of amides is 2. The lowest BCUT2D eigenvalue weighted by atomic mass is 10.0. The lowest BCUT2D eigenvalue weighted by Gasteiger charge is -2.16. The van der Waals surface area contributed by atoms with Gasteiger partial charge in [-0.25, -0.2) is 4.99 Å². The molecule has 2 amide bonds. The molecule has 1 heterocycles. The van der Waals surface area contributed by atoms with Crippen LogP contribution < -0.4 is 16.0 Å². The normalized spacial score (nSPS) is 16.4. The lowest BCUT2D eigenvalue weighted by molar-refractivity contribution is -0.119. The molecule has 21 heavy (non-hydrogen) atoms. The number of hydrogen-bond donors (Lipinski definition) is 1. The van der Waals surface area contributed by atoms with Crippen LogP contribution in [0, 0.1) is 0 Å². The van der Waals surface area contributed by atoms with Crippen molar-refractivity contribution in [3.63, 3.8) is 0 Å². The number of carbonyl (C=O) groups is 2. The van der Waals surface area contributed by atoms with Gasteiger partial charge in [0, 0.05) is 18.2 Å². The molecule has 0 saturated heterocycles. The molecular formula is C16H13N3O2. The number of fused-ring (bicyclic) bond motifs is 1. The first-order valence-electron chi connectivity index (χ1n) is 6.57. The second-order valence-electron chi connectivity index (χ2n) is 4.74. The summed E-state index contributed by atoms with van der Waals surface area (Å²) in [6.45, 7) is 1.43. The fraction of sp³-hybridized carbons (Fsp3) is 0.125. The van der Waals surface area contributed by atoms with E-state index >= 15 is 0 Å². The molecule has 0 aliphatic carbocycles. The van der Waals surface area contributed by atoms with Crippen LogP contribution in [0.3, 0.4) is 0 Å². The Labute approximate surface area is 121 Å². The van der Waals surface area contributed by atoms with E-state index in [-0.39, 0.29) is 11.8 Å². The number of benzene rings is 2. The first-order valence-corrected chi connectivity index (χ1v) is 6.57. The van der Waals surface area contributed by atoms with Crippen molar-refractivity contribution in [1.29, 1.82) is 0 Å². The van der Waals surface area contributed by atoms with Crippen LogP contribution in [0.15, 0.2) is 58.5 Å². The molecule has 0 radical (unpaired) electrons. The maximum Gasteiger partial charge on any atom is 0.275 e. The van der Waals surface area contributed by atoms with Crippen LogP contribution in [-0.4, -0.2) is 11.8 Å². The van der Waals surface area contributed by atoms with Crippen LogP contribution >= 0.6 is 0 Å². The lowest BCUT2D eigenvalue weighted by Crippen LogP contribution is -2.33. The summed E-state index contributed by atoms with van der Waals surface area (Å²) in [4.78, 5) is 32.0. The summed E-state index contributed by atoms with van der Waals surface area (Å²) >= 11 is 0. The van der Waals surface area contributed by atoms with Crippen LogP contribution in [0.4, 0.5) is 5.69 Å². The number of para-hydroxylation sites is 3. The van der Waals surface area contributed by atoms with Gasteiger partial charge in [0.15, 0.2) is 6.04 Å². The molecule has 0 spiro atoms. The molecule has 3 rings (SSSR count). The van der Waals surface area contributed by atoms with Crippen LogP contribution in [0.1, 0.15) is 18.5 Å². The smallest absolute Gasteiger partial charge is 0.275 e. The zero-order valence-electron chi connectivity index (χ0n) is 11.4. The first-order chi connectivity index (χ1) is 10.1. The highest BCUT2D eigenvalue weighted by molar-refractivity contribution is 5.92. The van der Waals surface area contributed by atoms with E-state index in [2.05, 4.69) is 15.3 Å². The molecule has 2 aromatic rings. The number of nitrogens with zero attached hydrogens (tertiary/aromatic N) is 2. The molecule has 0 saturated carbocycles. The summed E-state index contributed by atoms with van der Waals surface area (Å²) in [6.07, 6.45) is 0. The van der Waals surface area contributed by atoms with Gasteiger partial charge in [0.2, 0.25) is 5.91 Å². The van der Waals surface area contributed by atoms with Crippen molar-refractivity contribution in [3.05, 3.63) is 64.8 Å². The van der Waals surface area contributed by atoms with Crippen molar-refractivity contribution in [3.8, 4) is 0 Å². The van der Waals surface area contributed by atoms with E-state index in [1.807, 2.05) is 24.3 Å². The summed E-state index contributed by atoms with van der Waals surface area (Å²) in [7, 11) is 0. The third-order valence-corrected chi connectivity index (χ3v) is 3.18. The highest BCUT2D eigenvalue weighted by Crippen LogP contribution is 2.27. The van der Waals surface area contributed by atoms with Crippen molar-refractivity contribution in [1.82, 2.24) is 0 Å². The van der Waals surface area contributed by atoms with Gasteiger partial charge < -0.3 is 5.32 Å². The minimum Gasteiger partial charge on any atom is -0.326 e. The average molecular weight is 279 g/mol. The van der Waals surface area contributed by atoms with Crippen LogP contribution in [0.5, 0.6) is 0 Å². The molecule has 0 fully saturated rings. The van der Waals surface area contributed by atoms with Gasteiger partial charge in [-0.2, -0.15) is 0 Å². The van der Waals surface area contributed by atoms with E-state index in [0.717, 1.165) is 0 Å². The second-order valence-corrected chi connectivity index (χ2v) is 4.74. The maximum atomic E-state index is 12.2. The molecule has 0 bridgehead atoms. The average Bonchev–Trinajstić information content (AvgIpc) is 2.47. The Morgan fingerprint density at radius 3 is 2.48 bits per heavy atom. The van der Waals surface area contributed by atoms with Gasteiger partial charge in [0.25, 0.3) is 5.91 Å². The molecule has 104 valence electrons. The molecule has 5 nitrogen and oxygen atoms in total. The second kappa shape index (κ2) is 5.28. The summed E-state index contributed by atoms with van der Waals surface area (Å²) in [5, 5.41) is 3.98. The topological polar surface area (TPSA) is 70.9 Å². The van der Waals surface area contributed by atoms with Crippen LogP contribution in [0.25, 0.3) is 0 Å². The Hall–Kier alpha value is -2.82.